The van der Waals surface area contributed by atoms with E-state index in [0.717, 1.165) is 27.8 Å². The van der Waals surface area contributed by atoms with Crippen molar-refractivity contribution in [3.05, 3.63) is 40.8 Å². The van der Waals surface area contributed by atoms with Gasteiger partial charge >= 0.3 is 0 Å². The van der Waals surface area contributed by atoms with Gasteiger partial charge in [-0.05, 0) is 55.5 Å². The van der Waals surface area contributed by atoms with Crippen LogP contribution in [0.4, 0.5) is 15.2 Å². The third-order valence-corrected chi connectivity index (χ3v) is 6.62. The second-order valence-corrected chi connectivity index (χ2v) is 8.24. The van der Waals surface area contributed by atoms with Crippen LogP contribution < -0.4 is 10.2 Å². The average molecular weight is 432 g/mol. The van der Waals surface area contributed by atoms with Gasteiger partial charge in [-0.3, -0.25) is 4.79 Å². The van der Waals surface area contributed by atoms with E-state index in [9.17, 15) is 9.18 Å². The molecule has 0 saturated heterocycles. The molecule has 0 bridgehead atoms. The molecule has 3 aromatic heterocycles. The molecule has 1 N–H and O–H groups in total. The molecule has 29 heavy (non-hydrogen) atoms. The van der Waals surface area contributed by atoms with E-state index < -0.39 is 5.82 Å². The summed E-state index contributed by atoms with van der Waals surface area (Å²) in [5, 5.41) is 14.8. The molecule has 3 heterocycles. The first kappa shape index (κ1) is 19.4. The minimum Gasteiger partial charge on any atom is -0.349 e. The molecule has 11 heteroatoms. The highest BCUT2D eigenvalue weighted by Crippen LogP contribution is 2.35. The SMILES string of the molecule is CCN(CC)c1nc2sc(C(=O)Nc3cc(-n4nnnc4C)ccc3F)cc2s1. The van der Waals surface area contributed by atoms with E-state index in [1.165, 1.54) is 28.2 Å². The molecule has 0 atom stereocenters. The van der Waals surface area contributed by atoms with Gasteiger partial charge in [-0.25, -0.2) is 9.37 Å². The molecular weight excluding hydrogens is 413 g/mol. The normalized spacial score (nSPS) is 11.2. The summed E-state index contributed by atoms with van der Waals surface area (Å²) in [6.07, 6.45) is 0. The van der Waals surface area contributed by atoms with Crippen LogP contribution in [-0.2, 0) is 0 Å². The summed E-state index contributed by atoms with van der Waals surface area (Å²) in [4.78, 5) is 20.8. The van der Waals surface area contributed by atoms with Crippen molar-refractivity contribution < 1.29 is 9.18 Å². The number of fused-ring (bicyclic) bond motifs is 1. The summed E-state index contributed by atoms with van der Waals surface area (Å²) >= 11 is 2.84. The van der Waals surface area contributed by atoms with E-state index in [1.54, 1.807) is 30.4 Å². The summed E-state index contributed by atoms with van der Waals surface area (Å²) in [7, 11) is 0. The maximum absolute atomic E-state index is 14.3. The van der Waals surface area contributed by atoms with Gasteiger partial charge in [-0.15, -0.1) is 16.4 Å². The summed E-state index contributed by atoms with van der Waals surface area (Å²) in [6, 6.07) is 6.13. The number of hydrogen-bond donors (Lipinski definition) is 1. The maximum atomic E-state index is 14.3. The van der Waals surface area contributed by atoms with E-state index in [1.807, 2.05) is 0 Å². The lowest BCUT2D eigenvalue weighted by Crippen LogP contribution is -2.21. The Labute approximate surface area is 174 Å². The molecule has 8 nitrogen and oxygen atoms in total. The number of amides is 1. The number of nitrogens with zero attached hydrogens (tertiary/aromatic N) is 6. The Morgan fingerprint density at radius 2 is 2.03 bits per heavy atom. The Hall–Kier alpha value is -2.92. The van der Waals surface area contributed by atoms with Crippen LogP contribution in [0, 0.1) is 12.7 Å². The molecule has 0 aliphatic heterocycles. The second kappa shape index (κ2) is 7.84. The predicted molar refractivity (Wildman–Crippen MR) is 113 cm³/mol. The number of tetrazole rings is 1. The monoisotopic (exact) mass is 431 g/mol. The van der Waals surface area contributed by atoms with Gasteiger partial charge in [0.15, 0.2) is 11.0 Å². The molecule has 1 aromatic carbocycles. The zero-order valence-electron chi connectivity index (χ0n) is 16.0. The highest BCUT2D eigenvalue weighted by Gasteiger charge is 2.18. The van der Waals surface area contributed by atoms with E-state index >= 15 is 0 Å². The van der Waals surface area contributed by atoms with Crippen molar-refractivity contribution in [1.82, 2.24) is 25.2 Å². The molecule has 0 unspecified atom stereocenters. The van der Waals surface area contributed by atoms with Crippen LogP contribution >= 0.6 is 22.7 Å². The van der Waals surface area contributed by atoms with Crippen LogP contribution in [-0.4, -0.2) is 44.2 Å². The Morgan fingerprint density at radius 1 is 1.24 bits per heavy atom. The highest BCUT2D eigenvalue weighted by atomic mass is 32.1. The van der Waals surface area contributed by atoms with Crippen LogP contribution in [0.25, 0.3) is 15.2 Å². The summed E-state index contributed by atoms with van der Waals surface area (Å²) in [5.74, 6) is -0.357. The Balaban J connectivity index is 1.58. The van der Waals surface area contributed by atoms with Gasteiger partial charge in [0.25, 0.3) is 5.91 Å². The summed E-state index contributed by atoms with van der Waals surface area (Å²) in [6.45, 7) is 7.65. The minimum atomic E-state index is -0.534. The Bertz CT molecular complexity index is 1150. The van der Waals surface area contributed by atoms with Crippen LogP contribution in [0.5, 0.6) is 0 Å². The van der Waals surface area contributed by atoms with Crippen molar-refractivity contribution in [1.29, 1.82) is 0 Å². The van der Waals surface area contributed by atoms with Crippen molar-refractivity contribution in [2.75, 3.05) is 23.3 Å². The Morgan fingerprint density at radius 3 is 2.69 bits per heavy atom. The topological polar surface area (TPSA) is 88.8 Å². The standard InChI is InChI=1S/C18H18FN7OS2/c1-4-25(5-2)18-21-17-15(29-18)9-14(28-17)16(27)20-13-8-11(6-7-12(13)19)26-10(3)22-23-24-26/h6-9H,4-5H2,1-3H3,(H,20,27). The molecule has 0 radical (unpaired) electrons. The molecule has 150 valence electrons. The van der Waals surface area contributed by atoms with Crippen LogP contribution in [0.15, 0.2) is 24.3 Å². The smallest absolute Gasteiger partial charge is 0.265 e. The number of rotatable bonds is 6. The maximum Gasteiger partial charge on any atom is 0.265 e. The molecular formula is C18H18FN7OS2. The lowest BCUT2D eigenvalue weighted by atomic mass is 10.2. The highest BCUT2D eigenvalue weighted by molar-refractivity contribution is 7.29. The number of carbonyl (C=O) groups excluding carboxylic acids is 1. The van der Waals surface area contributed by atoms with Gasteiger partial charge < -0.3 is 10.2 Å². The third kappa shape index (κ3) is 3.70. The van der Waals surface area contributed by atoms with Crippen molar-refractivity contribution in [2.24, 2.45) is 0 Å². The molecule has 4 rings (SSSR count). The lowest BCUT2D eigenvalue weighted by Gasteiger charge is -2.16. The second-order valence-electron chi connectivity index (χ2n) is 6.20. The minimum absolute atomic E-state index is 0.0657. The van der Waals surface area contributed by atoms with Crippen LogP contribution in [0.1, 0.15) is 29.3 Å². The number of benzene rings is 1. The van der Waals surface area contributed by atoms with Crippen LogP contribution in [0.3, 0.4) is 0 Å². The number of thiophene rings is 1. The fourth-order valence-corrected chi connectivity index (χ4v) is 5.09. The summed E-state index contributed by atoms with van der Waals surface area (Å²) < 4.78 is 16.7. The van der Waals surface area contributed by atoms with Crippen molar-refractivity contribution in [2.45, 2.75) is 20.8 Å². The largest absolute Gasteiger partial charge is 0.349 e. The van der Waals surface area contributed by atoms with Gasteiger partial charge in [0.2, 0.25) is 0 Å². The first-order valence-electron chi connectivity index (χ1n) is 9.01. The molecule has 0 fully saturated rings. The molecule has 0 aliphatic carbocycles. The van der Waals surface area contributed by atoms with Crippen LogP contribution in [0.2, 0.25) is 0 Å². The number of hydrogen-bond acceptors (Lipinski definition) is 8. The summed E-state index contributed by atoms with van der Waals surface area (Å²) in [5.41, 5.74) is 0.623. The molecule has 0 saturated carbocycles. The number of nitrogens with one attached hydrogen (secondary N) is 1. The van der Waals surface area contributed by atoms with E-state index in [4.69, 9.17) is 0 Å². The van der Waals surface area contributed by atoms with Gasteiger partial charge in [0, 0.05) is 13.1 Å². The van der Waals surface area contributed by atoms with Crippen molar-refractivity contribution in [3.63, 3.8) is 0 Å². The zero-order valence-corrected chi connectivity index (χ0v) is 17.6. The van der Waals surface area contributed by atoms with E-state index in [-0.39, 0.29) is 11.6 Å². The van der Waals surface area contributed by atoms with Gasteiger partial charge in [0.05, 0.1) is 21.0 Å². The van der Waals surface area contributed by atoms with Gasteiger partial charge in [-0.2, -0.15) is 4.68 Å². The average Bonchev–Trinajstić information content (AvgIpc) is 3.39. The zero-order chi connectivity index (χ0) is 20.5. The molecule has 0 aliphatic rings. The Kier molecular flexibility index (Phi) is 5.24. The van der Waals surface area contributed by atoms with E-state index in [2.05, 4.69) is 44.6 Å². The van der Waals surface area contributed by atoms with E-state index in [0.29, 0.717) is 16.4 Å². The molecule has 0 spiro atoms. The number of carbonyl (C=O) groups is 1. The number of halogens is 1. The van der Waals surface area contributed by atoms with Crippen molar-refractivity contribution >= 4 is 48.9 Å². The molecule has 4 aromatic rings. The first-order chi connectivity index (χ1) is 14.0. The fourth-order valence-electron chi connectivity index (χ4n) is 2.86. The first-order valence-corrected chi connectivity index (χ1v) is 10.6. The number of anilines is 2. The number of aromatic nitrogens is 5. The quantitative estimate of drug-likeness (QED) is 0.498. The van der Waals surface area contributed by atoms with Crippen molar-refractivity contribution in [3.8, 4) is 5.69 Å². The predicted octanol–water partition coefficient (Wildman–Crippen LogP) is 3.88. The lowest BCUT2D eigenvalue weighted by molar-refractivity contribution is 0.103. The number of thiazole rings is 1. The van der Waals surface area contributed by atoms with Gasteiger partial charge in [-0.1, -0.05) is 11.3 Å². The van der Waals surface area contributed by atoms with Gasteiger partial charge in [0.1, 0.15) is 10.6 Å². The third-order valence-electron chi connectivity index (χ3n) is 4.40. The molecule has 1 amide bonds. The number of aryl methyl sites for hydroxylation is 1. The fraction of sp³-hybridized carbons (Fsp3) is 0.278.